The Balaban J connectivity index is 2.38. The van der Waals surface area contributed by atoms with Gasteiger partial charge in [0.15, 0.2) is 0 Å². The molecule has 3 aromatic rings. The lowest BCUT2D eigenvalue weighted by Gasteiger charge is -2.16. The molecule has 22 heavy (non-hydrogen) atoms. The lowest BCUT2D eigenvalue weighted by atomic mass is 10.2. The molecule has 7 heteroatoms. The van der Waals surface area contributed by atoms with Gasteiger partial charge in [0.2, 0.25) is 5.95 Å². The summed E-state index contributed by atoms with van der Waals surface area (Å²) in [6, 6.07) is 9.50. The summed E-state index contributed by atoms with van der Waals surface area (Å²) >= 11 is 0. The molecule has 0 unspecified atom stereocenters. The van der Waals surface area contributed by atoms with Gasteiger partial charge in [-0.05, 0) is 12.1 Å². The molecule has 0 aliphatic rings. The molecule has 0 saturated carbocycles. The molecule has 2 heterocycles. The highest BCUT2D eigenvalue weighted by molar-refractivity contribution is 5.88. The molecule has 0 bridgehead atoms. The molecule has 0 amide bonds. The smallest absolute Gasteiger partial charge is 0.327 e. The number of para-hydroxylation sites is 1. The number of hydrogen-bond donors (Lipinski definition) is 0. The second kappa shape index (κ2) is 5.18. The summed E-state index contributed by atoms with van der Waals surface area (Å²) in [5.74, 6) is 0.0551. The van der Waals surface area contributed by atoms with Crippen molar-refractivity contribution >= 4 is 28.3 Å². The van der Waals surface area contributed by atoms with Crippen LogP contribution in [-0.2, 0) is 16.1 Å². The number of carbonyl (C=O) groups is 1. The maximum atomic E-state index is 12.6. The molecule has 0 saturated heterocycles. The van der Waals surface area contributed by atoms with E-state index in [4.69, 9.17) is 0 Å². The highest BCUT2D eigenvalue weighted by Crippen LogP contribution is 2.21. The van der Waals surface area contributed by atoms with E-state index in [1.54, 1.807) is 15.4 Å². The average molecular weight is 300 g/mol. The molecular weight excluding hydrogens is 284 g/mol. The lowest BCUT2D eigenvalue weighted by Crippen LogP contribution is -2.31. The minimum absolute atomic E-state index is 0.214. The van der Waals surface area contributed by atoms with Crippen molar-refractivity contribution in [3.05, 3.63) is 40.7 Å². The van der Waals surface area contributed by atoms with Crippen molar-refractivity contribution in [1.82, 2.24) is 14.2 Å². The van der Waals surface area contributed by atoms with E-state index in [1.165, 1.54) is 7.11 Å². The van der Waals surface area contributed by atoms with Gasteiger partial charge < -0.3 is 9.64 Å². The number of hydrogen-bond acceptors (Lipinski definition) is 5. The van der Waals surface area contributed by atoms with Crippen LogP contribution in [0.3, 0.4) is 0 Å². The third kappa shape index (κ3) is 2.11. The summed E-state index contributed by atoms with van der Waals surface area (Å²) < 4.78 is 7.55. The van der Waals surface area contributed by atoms with Gasteiger partial charge in [-0.2, -0.15) is 0 Å². The molecule has 0 fully saturated rings. The number of nitrogens with zero attached hydrogens (tertiary/aromatic N) is 4. The van der Waals surface area contributed by atoms with Crippen molar-refractivity contribution in [3.63, 3.8) is 0 Å². The topological polar surface area (TPSA) is 68.8 Å². The SMILES string of the molecule is COC(=O)Cn1nc(N(C)C)n2c(cc3ccccc32)c1=O. The highest BCUT2D eigenvalue weighted by atomic mass is 16.5. The van der Waals surface area contributed by atoms with Gasteiger partial charge in [0, 0.05) is 19.5 Å². The molecule has 7 nitrogen and oxygen atoms in total. The highest BCUT2D eigenvalue weighted by Gasteiger charge is 2.16. The van der Waals surface area contributed by atoms with Crippen LogP contribution in [0.25, 0.3) is 16.4 Å². The second-order valence-corrected chi connectivity index (χ2v) is 5.16. The third-order valence-electron chi connectivity index (χ3n) is 3.48. The van der Waals surface area contributed by atoms with Crippen molar-refractivity contribution in [2.45, 2.75) is 6.54 Å². The molecule has 3 rings (SSSR count). The van der Waals surface area contributed by atoms with E-state index in [-0.39, 0.29) is 12.1 Å². The number of methoxy groups -OCH3 is 1. The zero-order valence-corrected chi connectivity index (χ0v) is 12.6. The van der Waals surface area contributed by atoms with Crippen molar-refractivity contribution < 1.29 is 9.53 Å². The Kier molecular flexibility index (Phi) is 3.32. The van der Waals surface area contributed by atoms with Gasteiger partial charge in [0.25, 0.3) is 5.56 Å². The predicted molar refractivity (Wildman–Crippen MR) is 83.3 cm³/mol. The van der Waals surface area contributed by atoms with E-state index in [0.717, 1.165) is 15.6 Å². The number of benzene rings is 1. The number of anilines is 1. The first-order valence-corrected chi connectivity index (χ1v) is 6.78. The van der Waals surface area contributed by atoms with Crippen LogP contribution in [0.4, 0.5) is 5.95 Å². The van der Waals surface area contributed by atoms with Gasteiger partial charge in [-0.25, -0.2) is 4.68 Å². The van der Waals surface area contributed by atoms with E-state index >= 15 is 0 Å². The van der Waals surface area contributed by atoms with Gasteiger partial charge in [-0.1, -0.05) is 18.2 Å². The molecule has 0 spiro atoms. The van der Waals surface area contributed by atoms with Gasteiger partial charge in [0.1, 0.15) is 12.1 Å². The second-order valence-electron chi connectivity index (χ2n) is 5.16. The Morgan fingerprint density at radius 3 is 2.68 bits per heavy atom. The van der Waals surface area contributed by atoms with Crippen LogP contribution in [0, 0.1) is 0 Å². The summed E-state index contributed by atoms with van der Waals surface area (Å²) in [6.45, 7) is -0.214. The van der Waals surface area contributed by atoms with Crippen LogP contribution in [0.2, 0.25) is 0 Å². The van der Waals surface area contributed by atoms with Crippen molar-refractivity contribution in [3.8, 4) is 0 Å². The van der Waals surface area contributed by atoms with Crippen molar-refractivity contribution in [2.75, 3.05) is 26.1 Å². The molecular formula is C15H16N4O3. The van der Waals surface area contributed by atoms with E-state index in [1.807, 2.05) is 38.4 Å². The van der Waals surface area contributed by atoms with Crippen LogP contribution < -0.4 is 10.5 Å². The fraction of sp³-hybridized carbons (Fsp3) is 0.267. The summed E-state index contributed by atoms with van der Waals surface area (Å²) in [5, 5.41) is 5.25. The number of ether oxygens (including phenoxy) is 1. The average Bonchev–Trinajstić information content (AvgIpc) is 2.89. The number of aromatic nitrogens is 3. The van der Waals surface area contributed by atoms with Crippen LogP contribution in [0.5, 0.6) is 0 Å². The van der Waals surface area contributed by atoms with E-state index in [9.17, 15) is 9.59 Å². The van der Waals surface area contributed by atoms with Gasteiger partial charge in [-0.3, -0.25) is 14.0 Å². The maximum absolute atomic E-state index is 12.6. The summed E-state index contributed by atoms with van der Waals surface area (Å²) in [6.07, 6.45) is 0. The Hall–Kier alpha value is -2.83. The van der Waals surface area contributed by atoms with E-state index in [0.29, 0.717) is 11.5 Å². The van der Waals surface area contributed by atoms with Gasteiger partial charge in [0.05, 0.1) is 12.6 Å². The number of carbonyl (C=O) groups excluding carboxylic acids is 1. The Morgan fingerprint density at radius 2 is 2.00 bits per heavy atom. The van der Waals surface area contributed by atoms with Crippen LogP contribution in [0.15, 0.2) is 35.1 Å². The molecule has 0 N–H and O–H groups in total. The number of esters is 1. The predicted octanol–water partition coefficient (Wildman–Crippen LogP) is 0.888. The lowest BCUT2D eigenvalue weighted by molar-refractivity contribution is -0.141. The first-order valence-electron chi connectivity index (χ1n) is 6.78. The first kappa shape index (κ1) is 14.1. The summed E-state index contributed by atoms with van der Waals surface area (Å²) in [4.78, 5) is 25.9. The molecule has 0 aliphatic heterocycles. The largest absolute Gasteiger partial charge is 0.468 e. The molecule has 114 valence electrons. The number of fused-ring (bicyclic) bond motifs is 3. The Morgan fingerprint density at radius 1 is 1.27 bits per heavy atom. The van der Waals surface area contributed by atoms with Crippen LogP contribution in [-0.4, -0.2) is 41.4 Å². The Labute approximate surface area is 126 Å². The van der Waals surface area contributed by atoms with Crippen LogP contribution in [0.1, 0.15) is 0 Å². The van der Waals surface area contributed by atoms with Crippen molar-refractivity contribution in [1.29, 1.82) is 0 Å². The zero-order chi connectivity index (χ0) is 15.9. The fourth-order valence-electron chi connectivity index (χ4n) is 2.44. The van der Waals surface area contributed by atoms with Gasteiger partial charge >= 0.3 is 5.97 Å². The third-order valence-corrected chi connectivity index (χ3v) is 3.48. The zero-order valence-electron chi connectivity index (χ0n) is 12.6. The molecule has 0 radical (unpaired) electrons. The normalized spacial score (nSPS) is 11.0. The summed E-state index contributed by atoms with van der Waals surface area (Å²) in [5.41, 5.74) is 1.05. The first-order chi connectivity index (χ1) is 10.5. The Bertz CT molecular complexity index is 924. The molecule has 2 aromatic heterocycles. The molecule has 0 atom stereocenters. The minimum Gasteiger partial charge on any atom is -0.468 e. The monoisotopic (exact) mass is 300 g/mol. The number of rotatable bonds is 3. The minimum atomic E-state index is -0.514. The summed E-state index contributed by atoms with van der Waals surface area (Å²) in [7, 11) is 4.96. The fourth-order valence-corrected chi connectivity index (χ4v) is 2.44. The molecule has 0 aliphatic carbocycles. The van der Waals surface area contributed by atoms with Crippen LogP contribution >= 0.6 is 0 Å². The quantitative estimate of drug-likeness (QED) is 0.672. The molecule has 1 aromatic carbocycles. The van der Waals surface area contributed by atoms with Crippen molar-refractivity contribution in [2.24, 2.45) is 0 Å². The van der Waals surface area contributed by atoms with E-state index in [2.05, 4.69) is 9.84 Å². The van der Waals surface area contributed by atoms with E-state index < -0.39 is 5.97 Å². The standard InChI is InChI=1S/C15H16N4O3/c1-17(2)15-16-18(9-13(20)22-3)14(21)12-8-10-6-4-5-7-11(10)19(12)15/h4-8H,9H2,1-3H3. The maximum Gasteiger partial charge on any atom is 0.327 e. The van der Waals surface area contributed by atoms with Gasteiger partial charge in [-0.15, -0.1) is 5.10 Å².